The number of alkyl halides is 6. The van der Waals surface area contributed by atoms with Crippen molar-refractivity contribution in [1.82, 2.24) is 14.9 Å². The first-order valence-electron chi connectivity index (χ1n) is 17.6. The molecule has 4 aromatic carbocycles. The minimum Gasteiger partial charge on any atom is -0.496 e. The van der Waals surface area contributed by atoms with E-state index in [0.717, 1.165) is 17.2 Å². The van der Waals surface area contributed by atoms with Gasteiger partial charge in [-0.2, -0.15) is 26.3 Å². The Labute approximate surface area is 320 Å². The third kappa shape index (κ3) is 9.88. The third-order valence-electron chi connectivity index (χ3n) is 8.92. The number of carbonyl (C=O) groups excluding carboxylic acids is 1. The van der Waals surface area contributed by atoms with Crippen LogP contribution in [0.4, 0.5) is 26.3 Å². The molecule has 56 heavy (non-hydrogen) atoms. The fraction of sp³-hybridized carbons (Fsp3) is 0.317. The summed E-state index contributed by atoms with van der Waals surface area (Å²) in [4.78, 5) is 17.7. The first kappa shape index (κ1) is 41.8. The van der Waals surface area contributed by atoms with Gasteiger partial charge in [0.05, 0.1) is 63.2 Å². The van der Waals surface area contributed by atoms with E-state index in [-0.39, 0.29) is 43.2 Å². The van der Waals surface area contributed by atoms with Crippen LogP contribution in [0.2, 0.25) is 0 Å². The summed E-state index contributed by atoms with van der Waals surface area (Å²) in [6.45, 7) is 5.59. The maximum atomic E-state index is 14.7. The lowest BCUT2D eigenvalue weighted by Gasteiger charge is -2.18. The van der Waals surface area contributed by atoms with E-state index < -0.39 is 29.0 Å². The highest BCUT2D eigenvalue weighted by Crippen LogP contribution is 2.44. The SMILES string of the molecule is COc1ccc(-c2nc(-c3ccc(C(F)(F)F)cc3C(F)(F)F)n(Cc3ccc(C(=O)NCCOCCOCCN)cc3)c2-c2ccc(OC)c(C)c2)cc1C. The lowest BCUT2D eigenvalue weighted by molar-refractivity contribution is -0.142. The standard InChI is InChI=1S/C41H42F6N4O5/c1-25-21-29(9-13-34(25)53-3)36-37(30-10-14-35(54-4)26(2)22-30)51(38(50-36)32-12-11-31(40(42,43)44)23-33(32)41(45,46)47)24-27-5-7-28(8-6-27)39(52)49-16-18-56-20-19-55-17-15-48/h5-14,21-23H,15-20,24,48H2,1-4H3,(H,49,52). The molecule has 0 aliphatic carbocycles. The molecule has 298 valence electrons. The van der Waals surface area contributed by atoms with Crippen LogP contribution in [0.1, 0.15) is 38.2 Å². The second-order valence-electron chi connectivity index (χ2n) is 12.8. The largest absolute Gasteiger partial charge is 0.496 e. The molecule has 0 aliphatic heterocycles. The minimum atomic E-state index is -5.17. The van der Waals surface area contributed by atoms with Crippen LogP contribution in [0.3, 0.4) is 0 Å². The van der Waals surface area contributed by atoms with Crippen molar-refractivity contribution in [2.24, 2.45) is 5.73 Å². The van der Waals surface area contributed by atoms with Crippen LogP contribution in [0, 0.1) is 13.8 Å². The number of imidazole rings is 1. The number of halogens is 6. The molecule has 5 rings (SSSR count). The number of nitrogens with two attached hydrogens (primary N) is 1. The van der Waals surface area contributed by atoms with Gasteiger partial charge in [0.1, 0.15) is 17.3 Å². The normalized spacial score (nSPS) is 11.8. The number of nitrogens with one attached hydrogen (secondary N) is 1. The summed E-state index contributed by atoms with van der Waals surface area (Å²) in [5, 5.41) is 2.77. The van der Waals surface area contributed by atoms with E-state index in [1.807, 2.05) is 6.92 Å². The van der Waals surface area contributed by atoms with Crippen LogP contribution >= 0.6 is 0 Å². The Morgan fingerprint density at radius 3 is 1.93 bits per heavy atom. The van der Waals surface area contributed by atoms with Gasteiger partial charge in [0.25, 0.3) is 5.91 Å². The molecule has 0 fully saturated rings. The second kappa shape index (κ2) is 18.0. The highest BCUT2D eigenvalue weighted by molar-refractivity contribution is 5.94. The molecule has 0 atom stereocenters. The molecule has 1 aromatic heterocycles. The van der Waals surface area contributed by atoms with Crippen molar-refractivity contribution in [3.05, 3.63) is 112 Å². The fourth-order valence-electron chi connectivity index (χ4n) is 6.20. The zero-order valence-corrected chi connectivity index (χ0v) is 31.2. The van der Waals surface area contributed by atoms with Gasteiger partial charge < -0.3 is 34.6 Å². The number of rotatable bonds is 16. The number of hydrogen-bond acceptors (Lipinski definition) is 7. The van der Waals surface area contributed by atoms with E-state index in [1.165, 1.54) is 14.2 Å². The third-order valence-corrected chi connectivity index (χ3v) is 8.92. The van der Waals surface area contributed by atoms with E-state index in [0.29, 0.717) is 71.9 Å². The molecule has 0 saturated carbocycles. The molecule has 0 aliphatic rings. The number of amides is 1. The Morgan fingerprint density at radius 2 is 1.36 bits per heavy atom. The van der Waals surface area contributed by atoms with Gasteiger partial charge in [0.15, 0.2) is 0 Å². The summed E-state index contributed by atoms with van der Waals surface area (Å²) in [7, 11) is 3.02. The van der Waals surface area contributed by atoms with E-state index in [1.54, 1.807) is 72.2 Å². The smallest absolute Gasteiger partial charge is 0.417 e. The number of methoxy groups -OCH3 is 2. The highest BCUT2D eigenvalue weighted by Gasteiger charge is 2.40. The summed E-state index contributed by atoms with van der Waals surface area (Å²) in [6.07, 6.45) is -10.2. The second-order valence-corrected chi connectivity index (χ2v) is 12.8. The molecule has 1 amide bonds. The van der Waals surface area contributed by atoms with Crippen molar-refractivity contribution < 1.29 is 50.1 Å². The first-order chi connectivity index (χ1) is 26.7. The van der Waals surface area contributed by atoms with Crippen molar-refractivity contribution in [3.63, 3.8) is 0 Å². The number of nitrogens with zero attached hydrogens (tertiary/aromatic N) is 2. The van der Waals surface area contributed by atoms with Crippen molar-refractivity contribution in [2.75, 3.05) is 53.7 Å². The van der Waals surface area contributed by atoms with Crippen molar-refractivity contribution in [1.29, 1.82) is 0 Å². The van der Waals surface area contributed by atoms with Crippen molar-refractivity contribution in [3.8, 4) is 45.4 Å². The van der Waals surface area contributed by atoms with Crippen molar-refractivity contribution in [2.45, 2.75) is 32.7 Å². The van der Waals surface area contributed by atoms with Crippen molar-refractivity contribution >= 4 is 5.91 Å². The Bertz CT molecular complexity index is 2130. The Morgan fingerprint density at radius 1 is 0.750 bits per heavy atom. The number of ether oxygens (including phenoxy) is 4. The zero-order chi connectivity index (χ0) is 40.6. The topological polar surface area (TPSA) is 110 Å². The predicted molar refractivity (Wildman–Crippen MR) is 200 cm³/mol. The van der Waals surface area contributed by atoms with Gasteiger partial charge in [-0.25, -0.2) is 4.98 Å². The van der Waals surface area contributed by atoms with Crippen LogP contribution < -0.4 is 20.5 Å². The van der Waals surface area contributed by atoms with E-state index in [4.69, 9.17) is 29.7 Å². The quantitative estimate of drug-likeness (QED) is 0.0765. The molecule has 15 heteroatoms. The lowest BCUT2D eigenvalue weighted by atomic mass is 10.0. The Kier molecular flexibility index (Phi) is 13.5. The van der Waals surface area contributed by atoms with Crippen LogP contribution in [0.15, 0.2) is 78.9 Å². The average Bonchev–Trinajstić information content (AvgIpc) is 3.53. The molecule has 3 N–H and O–H groups in total. The molecular formula is C41H42F6N4O5. The molecule has 9 nitrogen and oxygen atoms in total. The summed E-state index contributed by atoms with van der Waals surface area (Å²) in [5.74, 6) is 0.560. The van der Waals surface area contributed by atoms with Gasteiger partial charge in [0.2, 0.25) is 0 Å². The number of aryl methyl sites for hydroxylation is 2. The highest BCUT2D eigenvalue weighted by atomic mass is 19.4. The molecule has 0 saturated heterocycles. The van der Waals surface area contributed by atoms with Gasteiger partial charge >= 0.3 is 12.4 Å². The summed E-state index contributed by atoms with van der Waals surface area (Å²) in [6, 6.07) is 18.5. The van der Waals surface area contributed by atoms with Crippen LogP contribution in [0.5, 0.6) is 11.5 Å². The van der Waals surface area contributed by atoms with Gasteiger partial charge in [-0.3, -0.25) is 4.79 Å². The van der Waals surface area contributed by atoms with Gasteiger partial charge in [0, 0.05) is 41.9 Å². The summed E-state index contributed by atoms with van der Waals surface area (Å²) >= 11 is 0. The maximum absolute atomic E-state index is 14.7. The molecule has 0 spiro atoms. The zero-order valence-electron chi connectivity index (χ0n) is 31.2. The first-order valence-corrected chi connectivity index (χ1v) is 17.6. The van der Waals surface area contributed by atoms with Crippen LogP contribution in [-0.2, 0) is 28.4 Å². The number of carbonyl (C=O) groups is 1. The summed E-state index contributed by atoms with van der Waals surface area (Å²) in [5.41, 5.74) is 6.03. The maximum Gasteiger partial charge on any atom is 0.417 e. The average molecular weight is 785 g/mol. The van der Waals surface area contributed by atoms with E-state index in [2.05, 4.69) is 5.32 Å². The lowest BCUT2D eigenvalue weighted by Crippen LogP contribution is -2.27. The van der Waals surface area contributed by atoms with Crippen LogP contribution in [0.25, 0.3) is 33.9 Å². The monoisotopic (exact) mass is 784 g/mol. The minimum absolute atomic E-state index is 0.0713. The summed E-state index contributed by atoms with van der Waals surface area (Å²) < 4.78 is 109. The molecular weight excluding hydrogens is 742 g/mol. The van der Waals surface area contributed by atoms with Gasteiger partial charge in [-0.05, 0) is 91.2 Å². The molecule has 0 unspecified atom stereocenters. The molecule has 0 radical (unpaired) electrons. The van der Waals surface area contributed by atoms with Gasteiger partial charge in [-0.15, -0.1) is 0 Å². The Hall–Kier alpha value is -5.38. The van der Waals surface area contributed by atoms with Gasteiger partial charge in [-0.1, -0.05) is 18.2 Å². The molecule has 5 aromatic rings. The predicted octanol–water partition coefficient (Wildman–Crippen LogP) is 8.33. The number of benzene rings is 4. The molecule has 0 bridgehead atoms. The Balaban J connectivity index is 1.63. The van der Waals surface area contributed by atoms with E-state index in [9.17, 15) is 31.1 Å². The number of aromatic nitrogens is 2. The van der Waals surface area contributed by atoms with E-state index >= 15 is 0 Å². The fourth-order valence-corrected chi connectivity index (χ4v) is 6.20. The number of hydrogen-bond donors (Lipinski definition) is 2. The molecule has 1 heterocycles. The van der Waals surface area contributed by atoms with Crippen LogP contribution in [-0.4, -0.2) is 69.2 Å².